The smallest absolute Gasteiger partial charge is 0.412 e. The topological polar surface area (TPSA) is 59.0 Å². The Morgan fingerprint density at radius 1 is 1.55 bits per heavy atom. The van der Waals surface area contributed by atoms with Crippen molar-refractivity contribution >= 4 is 6.09 Å². The largest absolute Gasteiger partial charge is 0.444 e. The summed E-state index contributed by atoms with van der Waals surface area (Å²) in [6.07, 6.45) is 0.708. The van der Waals surface area contributed by atoms with E-state index >= 15 is 0 Å². The molecule has 5 heteroatoms. The number of carbonyl (C=O) groups is 1. The number of hydrogen-bond donors (Lipinski definition) is 1. The van der Waals surface area contributed by atoms with E-state index in [2.05, 4.69) is 6.58 Å². The Morgan fingerprint density at radius 2 is 2.10 bits per heavy atom. The van der Waals surface area contributed by atoms with Crippen molar-refractivity contribution < 1.29 is 19.4 Å². The quantitative estimate of drug-likeness (QED) is 0.810. The average Bonchev–Trinajstić information content (AvgIpc) is 2.48. The minimum absolute atomic E-state index is 0.280. The maximum absolute atomic E-state index is 12.4. The number of hydrogen-bond acceptors (Lipinski definition) is 4. The number of amides is 1. The van der Waals surface area contributed by atoms with Gasteiger partial charge < -0.3 is 14.6 Å². The molecule has 0 bridgehead atoms. The summed E-state index contributed by atoms with van der Waals surface area (Å²) >= 11 is 0. The van der Waals surface area contributed by atoms with E-state index in [0.29, 0.717) is 6.42 Å². The fourth-order valence-corrected chi connectivity index (χ4v) is 2.51. The lowest BCUT2D eigenvalue weighted by Crippen LogP contribution is -2.50. The van der Waals surface area contributed by atoms with Crippen molar-refractivity contribution in [1.29, 1.82) is 0 Å². The first kappa shape index (κ1) is 17.0. The van der Waals surface area contributed by atoms with Crippen molar-refractivity contribution in [3.05, 3.63) is 12.7 Å². The van der Waals surface area contributed by atoms with Crippen molar-refractivity contribution in [1.82, 2.24) is 4.90 Å². The molecule has 1 rings (SSSR count). The molecule has 0 aromatic rings. The van der Waals surface area contributed by atoms with E-state index in [9.17, 15) is 9.90 Å². The van der Waals surface area contributed by atoms with Gasteiger partial charge in [-0.25, -0.2) is 4.79 Å². The Balaban J connectivity index is 3.05. The molecule has 1 fully saturated rings. The van der Waals surface area contributed by atoms with Crippen LogP contribution in [-0.4, -0.2) is 45.7 Å². The molecule has 1 heterocycles. The third kappa shape index (κ3) is 3.73. The Bertz CT molecular complexity index is 371. The van der Waals surface area contributed by atoms with E-state index in [-0.39, 0.29) is 6.04 Å². The van der Waals surface area contributed by atoms with Crippen LogP contribution in [0.15, 0.2) is 12.7 Å². The SMILES string of the molecule is C=CC[C@@H]1[C@@H]([C@H](C)O)OC(C)(C)N1C(=O)OC(C)(C)C. The van der Waals surface area contributed by atoms with Crippen molar-refractivity contribution in [3.8, 4) is 0 Å². The van der Waals surface area contributed by atoms with Gasteiger partial charge in [-0.3, -0.25) is 4.90 Å². The van der Waals surface area contributed by atoms with Gasteiger partial charge in [0.1, 0.15) is 17.4 Å². The van der Waals surface area contributed by atoms with Gasteiger partial charge in [-0.15, -0.1) is 6.58 Å². The Morgan fingerprint density at radius 3 is 2.50 bits per heavy atom. The Hall–Kier alpha value is -1.07. The van der Waals surface area contributed by atoms with E-state index in [1.54, 1.807) is 31.7 Å². The molecule has 20 heavy (non-hydrogen) atoms. The van der Waals surface area contributed by atoms with Crippen LogP contribution in [0.25, 0.3) is 0 Å². The number of aliphatic hydroxyl groups is 1. The summed E-state index contributed by atoms with van der Waals surface area (Å²) in [5.41, 5.74) is -1.40. The van der Waals surface area contributed by atoms with Crippen LogP contribution in [0.2, 0.25) is 0 Å². The second kappa shape index (κ2) is 5.74. The predicted octanol–water partition coefficient (Wildman–Crippen LogP) is 2.68. The van der Waals surface area contributed by atoms with E-state index in [0.717, 1.165) is 0 Å². The molecule has 1 aliphatic heterocycles. The number of nitrogens with zero attached hydrogens (tertiary/aromatic N) is 1. The molecule has 0 unspecified atom stereocenters. The second-order valence-electron chi connectivity index (χ2n) is 6.71. The Kier molecular flexibility index (Phi) is 4.87. The zero-order valence-electron chi connectivity index (χ0n) is 13.3. The van der Waals surface area contributed by atoms with Gasteiger partial charge in [0.05, 0.1) is 12.1 Å². The summed E-state index contributed by atoms with van der Waals surface area (Å²) in [6.45, 7) is 14.5. The first-order valence-electron chi connectivity index (χ1n) is 6.98. The van der Waals surface area contributed by atoms with Gasteiger partial charge in [0.25, 0.3) is 0 Å². The van der Waals surface area contributed by atoms with E-state index in [1.165, 1.54) is 0 Å². The van der Waals surface area contributed by atoms with Gasteiger partial charge >= 0.3 is 6.09 Å². The highest BCUT2D eigenvalue weighted by molar-refractivity contribution is 5.70. The highest BCUT2D eigenvalue weighted by Gasteiger charge is 2.51. The minimum atomic E-state index is -0.822. The molecule has 0 aliphatic carbocycles. The molecule has 1 N–H and O–H groups in total. The number of rotatable bonds is 3. The van der Waals surface area contributed by atoms with Crippen molar-refractivity contribution in [2.24, 2.45) is 0 Å². The van der Waals surface area contributed by atoms with E-state index in [4.69, 9.17) is 9.47 Å². The average molecular weight is 285 g/mol. The molecule has 0 radical (unpaired) electrons. The molecule has 1 saturated heterocycles. The lowest BCUT2D eigenvalue weighted by molar-refractivity contribution is -0.1000. The van der Waals surface area contributed by atoms with Crippen molar-refractivity contribution in [3.63, 3.8) is 0 Å². The highest BCUT2D eigenvalue weighted by atomic mass is 16.6. The first-order valence-corrected chi connectivity index (χ1v) is 6.98. The van der Waals surface area contributed by atoms with Crippen molar-refractivity contribution in [2.45, 2.75) is 77.5 Å². The minimum Gasteiger partial charge on any atom is -0.444 e. The van der Waals surface area contributed by atoms with Crippen LogP contribution >= 0.6 is 0 Å². The summed E-state index contributed by atoms with van der Waals surface area (Å²) in [5, 5.41) is 9.88. The molecule has 3 atom stereocenters. The Labute approximate surface area is 121 Å². The van der Waals surface area contributed by atoms with Gasteiger partial charge in [0.2, 0.25) is 0 Å². The number of aliphatic hydroxyl groups excluding tert-OH is 1. The van der Waals surface area contributed by atoms with Gasteiger partial charge in [-0.1, -0.05) is 6.08 Å². The molecule has 5 nitrogen and oxygen atoms in total. The maximum atomic E-state index is 12.4. The standard InChI is InChI=1S/C15H27NO4/c1-8-9-11-12(10(2)17)19-15(6,7)16(11)13(18)20-14(3,4)5/h8,10-12,17H,1,9H2,2-7H3/t10-,11+,12+/m0/s1. The fourth-order valence-electron chi connectivity index (χ4n) is 2.51. The summed E-state index contributed by atoms with van der Waals surface area (Å²) < 4.78 is 11.3. The molecule has 0 saturated carbocycles. The highest BCUT2D eigenvalue weighted by Crippen LogP contribution is 2.36. The monoisotopic (exact) mass is 285 g/mol. The normalized spacial score (nSPS) is 27.2. The lowest BCUT2D eigenvalue weighted by atomic mass is 10.0. The predicted molar refractivity (Wildman–Crippen MR) is 77.3 cm³/mol. The van der Waals surface area contributed by atoms with Gasteiger partial charge in [-0.2, -0.15) is 0 Å². The van der Waals surface area contributed by atoms with Crippen molar-refractivity contribution in [2.75, 3.05) is 0 Å². The second-order valence-corrected chi connectivity index (χ2v) is 6.71. The van der Waals surface area contributed by atoms with Gasteiger partial charge in [0, 0.05) is 0 Å². The lowest BCUT2D eigenvalue weighted by Gasteiger charge is -2.35. The molecule has 1 amide bonds. The molecule has 1 aliphatic rings. The molecular weight excluding hydrogens is 258 g/mol. The van der Waals surface area contributed by atoms with Crippen LogP contribution in [0.3, 0.4) is 0 Å². The van der Waals surface area contributed by atoms with Crippen LogP contribution in [-0.2, 0) is 9.47 Å². The maximum Gasteiger partial charge on any atom is 0.412 e. The third-order valence-electron chi connectivity index (χ3n) is 3.19. The summed E-state index contributed by atoms with van der Waals surface area (Å²) in [4.78, 5) is 14.0. The van der Waals surface area contributed by atoms with Crippen LogP contribution in [0.4, 0.5) is 4.79 Å². The fraction of sp³-hybridized carbons (Fsp3) is 0.800. The summed E-state index contributed by atoms with van der Waals surface area (Å²) in [5.74, 6) is 0. The molecule has 0 aromatic carbocycles. The van der Waals surface area contributed by atoms with Gasteiger partial charge in [-0.05, 0) is 48.0 Å². The van der Waals surface area contributed by atoms with Crippen LogP contribution in [0.5, 0.6) is 0 Å². The van der Waals surface area contributed by atoms with E-state index < -0.39 is 29.6 Å². The summed E-state index contributed by atoms with van der Waals surface area (Å²) in [6, 6.07) is -0.280. The molecular formula is C15H27NO4. The zero-order chi connectivity index (χ0) is 15.7. The zero-order valence-corrected chi connectivity index (χ0v) is 13.3. The van der Waals surface area contributed by atoms with Crippen LogP contribution < -0.4 is 0 Å². The number of ether oxygens (including phenoxy) is 2. The number of carbonyl (C=O) groups excluding carboxylic acids is 1. The molecule has 0 spiro atoms. The summed E-state index contributed by atoms with van der Waals surface area (Å²) in [7, 11) is 0. The van der Waals surface area contributed by atoms with Crippen LogP contribution in [0, 0.1) is 0 Å². The van der Waals surface area contributed by atoms with Crippen LogP contribution in [0.1, 0.15) is 48.0 Å². The van der Waals surface area contributed by atoms with E-state index in [1.807, 2.05) is 20.8 Å². The third-order valence-corrected chi connectivity index (χ3v) is 3.19. The first-order chi connectivity index (χ1) is 8.99. The van der Waals surface area contributed by atoms with Gasteiger partial charge in [0.15, 0.2) is 0 Å². The molecule has 116 valence electrons. The molecule has 0 aromatic heterocycles.